The van der Waals surface area contributed by atoms with E-state index in [0.29, 0.717) is 10.6 Å². The van der Waals surface area contributed by atoms with E-state index in [-0.39, 0.29) is 0 Å². The third kappa shape index (κ3) is 4.72. The molecule has 0 aliphatic carbocycles. The van der Waals surface area contributed by atoms with Crippen LogP contribution >= 0.6 is 27.5 Å². The van der Waals surface area contributed by atoms with Crippen LogP contribution in [0.15, 0.2) is 59.1 Å². The van der Waals surface area contributed by atoms with E-state index in [1.807, 2.05) is 24.3 Å². The van der Waals surface area contributed by atoms with Gasteiger partial charge in [-0.1, -0.05) is 51.8 Å². The zero-order valence-electron chi connectivity index (χ0n) is 11.3. The molecule has 6 heteroatoms. The molecule has 0 bridgehead atoms. The zero-order valence-corrected chi connectivity index (χ0v) is 13.7. The van der Waals surface area contributed by atoms with Crippen molar-refractivity contribution in [3.05, 3.63) is 75.2 Å². The van der Waals surface area contributed by atoms with Crippen molar-refractivity contribution < 1.29 is 9.59 Å². The molecule has 2 rings (SSSR count). The molecule has 22 heavy (non-hydrogen) atoms. The second-order valence-electron chi connectivity index (χ2n) is 4.31. The molecule has 0 spiro atoms. The molecule has 0 saturated heterocycles. The zero-order chi connectivity index (χ0) is 15.9. The number of amides is 2. The highest BCUT2D eigenvalue weighted by Gasteiger charge is 2.09. The van der Waals surface area contributed by atoms with E-state index in [4.69, 9.17) is 11.6 Å². The number of rotatable bonds is 3. The minimum absolute atomic E-state index is 0.293. The summed E-state index contributed by atoms with van der Waals surface area (Å²) < 4.78 is 0.959. The highest BCUT2D eigenvalue weighted by molar-refractivity contribution is 9.10. The SMILES string of the molecule is O=C(/C=C/c1ccc(Br)cc1)NNC(=O)c1ccccc1Cl. The highest BCUT2D eigenvalue weighted by atomic mass is 79.9. The van der Waals surface area contributed by atoms with Crippen molar-refractivity contribution in [1.29, 1.82) is 0 Å². The first kappa shape index (κ1) is 16.3. The van der Waals surface area contributed by atoms with Crippen LogP contribution in [0.3, 0.4) is 0 Å². The van der Waals surface area contributed by atoms with Gasteiger partial charge in [0.2, 0.25) is 0 Å². The van der Waals surface area contributed by atoms with Gasteiger partial charge in [0.05, 0.1) is 10.6 Å². The maximum atomic E-state index is 11.8. The van der Waals surface area contributed by atoms with Crippen LogP contribution in [0, 0.1) is 0 Å². The van der Waals surface area contributed by atoms with Gasteiger partial charge in [-0.05, 0) is 35.9 Å². The summed E-state index contributed by atoms with van der Waals surface area (Å²) in [5.41, 5.74) is 5.76. The molecule has 0 aromatic heterocycles. The Morgan fingerprint density at radius 2 is 1.68 bits per heavy atom. The third-order valence-corrected chi connectivity index (χ3v) is 3.57. The van der Waals surface area contributed by atoms with Crippen LogP contribution in [-0.4, -0.2) is 11.8 Å². The van der Waals surface area contributed by atoms with E-state index in [1.54, 1.807) is 30.3 Å². The monoisotopic (exact) mass is 378 g/mol. The van der Waals surface area contributed by atoms with Crippen LogP contribution in [0.4, 0.5) is 0 Å². The number of nitrogens with one attached hydrogen (secondary N) is 2. The minimum Gasteiger partial charge on any atom is -0.268 e. The Balaban J connectivity index is 1.89. The predicted molar refractivity (Wildman–Crippen MR) is 90.2 cm³/mol. The van der Waals surface area contributed by atoms with Crippen LogP contribution < -0.4 is 10.9 Å². The average molecular weight is 380 g/mol. The lowest BCUT2D eigenvalue weighted by molar-refractivity contribution is -0.117. The summed E-state index contributed by atoms with van der Waals surface area (Å²) in [7, 11) is 0. The van der Waals surface area contributed by atoms with Crippen molar-refractivity contribution in [2.75, 3.05) is 0 Å². The molecular formula is C16H12BrClN2O2. The molecule has 2 amide bonds. The topological polar surface area (TPSA) is 58.2 Å². The summed E-state index contributed by atoms with van der Waals surface area (Å²) in [6.07, 6.45) is 2.97. The molecule has 0 fully saturated rings. The standard InChI is InChI=1S/C16H12BrClN2O2/c17-12-8-5-11(6-9-12)7-10-15(21)19-20-16(22)13-3-1-2-4-14(13)18/h1-10H,(H,19,21)(H,20,22)/b10-7+. The lowest BCUT2D eigenvalue weighted by Gasteiger charge is -2.06. The van der Waals surface area contributed by atoms with Gasteiger partial charge in [-0.15, -0.1) is 0 Å². The minimum atomic E-state index is -0.476. The molecule has 112 valence electrons. The normalized spacial score (nSPS) is 10.5. The molecule has 0 aliphatic heterocycles. The van der Waals surface area contributed by atoms with Crippen LogP contribution in [0.25, 0.3) is 6.08 Å². The summed E-state index contributed by atoms with van der Waals surface area (Å²) in [4.78, 5) is 23.5. The van der Waals surface area contributed by atoms with Gasteiger partial charge in [0, 0.05) is 10.5 Å². The van der Waals surface area contributed by atoms with E-state index >= 15 is 0 Å². The van der Waals surface area contributed by atoms with Crippen molar-refractivity contribution in [2.45, 2.75) is 0 Å². The van der Waals surface area contributed by atoms with Crippen LogP contribution in [0.2, 0.25) is 5.02 Å². The molecular weight excluding hydrogens is 368 g/mol. The summed E-state index contributed by atoms with van der Waals surface area (Å²) in [5, 5.41) is 0.319. The number of hydrogen-bond donors (Lipinski definition) is 2. The molecule has 0 atom stereocenters. The summed E-state index contributed by atoms with van der Waals surface area (Å²) in [5.74, 6) is -0.917. The van der Waals surface area contributed by atoms with Gasteiger partial charge in [0.15, 0.2) is 0 Å². The molecule has 2 aromatic carbocycles. The Morgan fingerprint density at radius 1 is 1.00 bits per heavy atom. The maximum absolute atomic E-state index is 11.8. The Hall–Kier alpha value is -2.11. The van der Waals surface area contributed by atoms with E-state index in [0.717, 1.165) is 10.0 Å². The van der Waals surface area contributed by atoms with Crippen LogP contribution in [0.5, 0.6) is 0 Å². The summed E-state index contributed by atoms with van der Waals surface area (Å²) in [6, 6.07) is 14.0. The smallest absolute Gasteiger partial charge is 0.268 e. The summed E-state index contributed by atoms with van der Waals surface area (Å²) >= 11 is 9.23. The molecule has 2 aromatic rings. The van der Waals surface area contributed by atoms with Gasteiger partial charge in [0.1, 0.15) is 0 Å². The van der Waals surface area contributed by atoms with E-state index < -0.39 is 11.8 Å². The number of carbonyl (C=O) groups is 2. The van der Waals surface area contributed by atoms with Gasteiger partial charge < -0.3 is 0 Å². The van der Waals surface area contributed by atoms with Gasteiger partial charge in [0.25, 0.3) is 11.8 Å². The highest BCUT2D eigenvalue weighted by Crippen LogP contribution is 2.14. The molecule has 4 nitrogen and oxygen atoms in total. The first-order valence-electron chi connectivity index (χ1n) is 6.35. The van der Waals surface area contributed by atoms with Crippen molar-refractivity contribution >= 4 is 45.4 Å². The molecule has 0 unspecified atom stereocenters. The molecule has 2 N–H and O–H groups in total. The van der Waals surface area contributed by atoms with Gasteiger partial charge >= 0.3 is 0 Å². The van der Waals surface area contributed by atoms with E-state index in [1.165, 1.54) is 6.08 Å². The van der Waals surface area contributed by atoms with Crippen molar-refractivity contribution in [3.63, 3.8) is 0 Å². The first-order chi connectivity index (χ1) is 10.6. The van der Waals surface area contributed by atoms with Crippen LogP contribution in [-0.2, 0) is 4.79 Å². The first-order valence-corrected chi connectivity index (χ1v) is 7.52. The fraction of sp³-hybridized carbons (Fsp3) is 0. The number of hydrazine groups is 1. The largest absolute Gasteiger partial charge is 0.271 e. The molecule has 0 aliphatic rings. The summed E-state index contributed by atoms with van der Waals surface area (Å²) in [6.45, 7) is 0. The van der Waals surface area contributed by atoms with Crippen molar-refractivity contribution in [1.82, 2.24) is 10.9 Å². The average Bonchev–Trinajstić information content (AvgIpc) is 2.52. The third-order valence-electron chi connectivity index (χ3n) is 2.71. The molecule has 0 heterocycles. The van der Waals surface area contributed by atoms with E-state index in [2.05, 4.69) is 26.8 Å². The lowest BCUT2D eigenvalue weighted by Crippen LogP contribution is -2.40. The quantitative estimate of drug-likeness (QED) is 0.632. The van der Waals surface area contributed by atoms with Gasteiger partial charge in [-0.25, -0.2) is 0 Å². The van der Waals surface area contributed by atoms with Crippen molar-refractivity contribution in [2.24, 2.45) is 0 Å². The molecule has 0 saturated carbocycles. The number of benzene rings is 2. The fourth-order valence-corrected chi connectivity index (χ4v) is 2.10. The number of halogens is 2. The lowest BCUT2D eigenvalue weighted by atomic mass is 10.2. The Labute approximate surface area is 141 Å². The Bertz CT molecular complexity index is 714. The second-order valence-corrected chi connectivity index (χ2v) is 5.63. The maximum Gasteiger partial charge on any atom is 0.271 e. The Kier molecular flexibility index (Phi) is 5.75. The van der Waals surface area contributed by atoms with Gasteiger partial charge in [-0.3, -0.25) is 20.4 Å². The second kappa shape index (κ2) is 7.77. The van der Waals surface area contributed by atoms with Crippen molar-refractivity contribution in [3.8, 4) is 0 Å². The van der Waals surface area contributed by atoms with E-state index in [9.17, 15) is 9.59 Å². The fourth-order valence-electron chi connectivity index (χ4n) is 1.62. The molecule has 0 radical (unpaired) electrons. The van der Waals surface area contributed by atoms with Crippen LogP contribution in [0.1, 0.15) is 15.9 Å². The number of hydrogen-bond acceptors (Lipinski definition) is 2. The van der Waals surface area contributed by atoms with Gasteiger partial charge in [-0.2, -0.15) is 0 Å². The predicted octanol–water partition coefficient (Wildman–Crippen LogP) is 3.58. The number of carbonyl (C=O) groups excluding carboxylic acids is 2. The Morgan fingerprint density at radius 3 is 2.36 bits per heavy atom.